The van der Waals surface area contributed by atoms with Crippen molar-refractivity contribution < 1.29 is 9.53 Å². The first-order valence-corrected chi connectivity index (χ1v) is 10.3. The zero-order valence-corrected chi connectivity index (χ0v) is 18.3. The van der Waals surface area contributed by atoms with E-state index >= 15 is 0 Å². The molecular weight excluding hydrogens is 368 g/mol. The lowest BCUT2D eigenvalue weighted by molar-refractivity contribution is 0.0206. The van der Waals surface area contributed by atoms with Crippen molar-refractivity contribution in [2.24, 2.45) is 0 Å². The van der Waals surface area contributed by atoms with E-state index in [0.717, 1.165) is 30.1 Å². The number of carbonyl (C=O) groups excluding carboxylic acids is 1. The number of nitrogens with zero attached hydrogens (tertiary/aromatic N) is 5. The second kappa shape index (κ2) is 8.39. The highest BCUT2D eigenvalue weighted by Crippen LogP contribution is 2.24. The molecule has 1 saturated heterocycles. The smallest absolute Gasteiger partial charge is 0.410 e. The number of aromatic nitrogens is 4. The average Bonchev–Trinajstić information content (AvgIpc) is 3.02. The van der Waals surface area contributed by atoms with Crippen molar-refractivity contribution >= 4 is 12.0 Å². The molecule has 3 heterocycles. The summed E-state index contributed by atoms with van der Waals surface area (Å²) in [6.07, 6.45) is 5.21. The lowest BCUT2D eigenvalue weighted by atomic mass is 10.1. The first kappa shape index (κ1) is 21.1. The molecule has 0 radical (unpaired) electrons. The predicted molar refractivity (Wildman–Crippen MR) is 113 cm³/mol. The summed E-state index contributed by atoms with van der Waals surface area (Å²) in [6.45, 7) is 13.2. The molecule has 1 fully saturated rings. The molecule has 1 amide bonds. The maximum atomic E-state index is 12.4. The molecule has 29 heavy (non-hydrogen) atoms. The van der Waals surface area contributed by atoms with Gasteiger partial charge in [-0.25, -0.2) is 19.7 Å². The topological polar surface area (TPSA) is 85.2 Å². The van der Waals surface area contributed by atoms with E-state index in [1.165, 1.54) is 0 Å². The van der Waals surface area contributed by atoms with Gasteiger partial charge in [-0.3, -0.25) is 0 Å². The Bertz CT molecular complexity index is 855. The first-order valence-electron chi connectivity index (χ1n) is 10.3. The van der Waals surface area contributed by atoms with Gasteiger partial charge in [0.25, 0.3) is 0 Å². The van der Waals surface area contributed by atoms with E-state index in [0.29, 0.717) is 25.1 Å². The number of carbonyl (C=O) groups is 1. The van der Waals surface area contributed by atoms with Crippen molar-refractivity contribution in [2.75, 3.05) is 18.4 Å². The quantitative estimate of drug-likeness (QED) is 0.834. The fraction of sp³-hybridized carbons (Fsp3) is 0.619. The van der Waals surface area contributed by atoms with Crippen LogP contribution in [0.15, 0.2) is 18.5 Å². The molecule has 0 saturated carbocycles. The van der Waals surface area contributed by atoms with Gasteiger partial charge in [0, 0.05) is 31.4 Å². The van der Waals surface area contributed by atoms with Crippen molar-refractivity contribution in [1.82, 2.24) is 24.4 Å². The molecule has 2 aromatic heterocycles. The fourth-order valence-electron chi connectivity index (χ4n) is 3.64. The van der Waals surface area contributed by atoms with E-state index in [1.807, 2.05) is 40.0 Å². The SMILES string of the molecule is Cc1ncc(-c2ccnc(N[C@H]3CCCN(C(=O)OC(C)(C)C)C3)n2)n1C(C)C. The van der Waals surface area contributed by atoms with Gasteiger partial charge in [-0.1, -0.05) is 0 Å². The second-order valence-electron chi connectivity index (χ2n) is 8.83. The van der Waals surface area contributed by atoms with Crippen LogP contribution in [0.4, 0.5) is 10.7 Å². The van der Waals surface area contributed by atoms with E-state index in [1.54, 1.807) is 11.1 Å². The van der Waals surface area contributed by atoms with E-state index in [-0.39, 0.29) is 12.1 Å². The average molecular weight is 401 g/mol. The number of nitrogens with one attached hydrogen (secondary N) is 1. The van der Waals surface area contributed by atoms with Crippen LogP contribution in [-0.4, -0.2) is 55.2 Å². The maximum Gasteiger partial charge on any atom is 0.410 e. The number of hydrogen-bond acceptors (Lipinski definition) is 6. The number of rotatable bonds is 4. The summed E-state index contributed by atoms with van der Waals surface area (Å²) in [7, 11) is 0. The zero-order valence-electron chi connectivity index (χ0n) is 18.3. The molecule has 0 aromatic carbocycles. The number of amides is 1. The Morgan fingerprint density at radius 3 is 2.76 bits per heavy atom. The number of anilines is 1. The van der Waals surface area contributed by atoms with Gasteiger partial charge < -0.3 is 19.5 Å². The number of aryl methyl sites for hydroxylation is 1. The van der Waals surface area contributed by atoms with E-state index in [9.17, 15) is 4.79 Å². The Morgan fingerprint density at radius 2 is 2.07 bits per heavy atom. The number of likely N-dealkylation sites (tertiary alicyclic amines) is 1. The lowest BCUT2D eigenvalue weighted by Gasteiger charge is -2.34. The predicted octanol–water partition coefficient (Wildman–Crippen LogP) is 4.04. The molecule has 0 bridgehead atoms. The minimum absolute atomic E-state index is 0.0864. The normalized spacial score (nSPS) is 17.5. The van der Waals surface area contributed by atoms with Crippen LogP contribution >= 0.6 is 0 Å². The van der Waals surface area contributed by atoms with Crippen molar-refractivity contribution in [3.05, 3.63) is 24.3 Å². The summed E-state index contributed by atoms with van der Waals surface area (Å²) < 4.78 is 7.67. The highest BCUT2D eigenvalue weighted by Gasteiger charge is 2.28. The largest absolute Gasteiger partial charge is 0.444 e. The standard InChI is InChI=1S/C21H32N6O2/c1-14(2)27-15(3)23-12-18(27)17-9-10-22-19(25-17)24-16-8-7-11-26(13-16)20(28)29-21(4,5)6/h9-10,12,14,16H,7-8,11,13H2,1-6H3,(H,22,24,25)/t16-/m0/s1. The molecule has 3 rings (SSSR count). The Morgan fingerprint density at radius 1 is 1.31 bits per heavy atom. The summed E-state index contributed by atoms with van der Waals surface area (Å²) in [5.41, 5.74) is 1.31. The number of hydrogen-bond donors (Lipinski definition) is 1. The van der Waals surface area contributed by atoms with Crippen molar-refractivity contribution in [2.45, 2.75) is 72.1 Å². The van der Waals surface area contributed by atoms with Crippen LogP contribution < -0.4 is 5.32 Å². The Balaban J connectivity index is 1.71. The first-order chi connectivity index (χ1) is 13.6. The number of ether oxygens (including phenoxy) is 1. The molecule has 0 unspecified atom stereocenters. The Labute approximate surface area is 172 Å². The summed E-state index contributed by atoms with van der Waals surface area (Å²) in [5.74, 6) is 1.52. The molecule has 0 aliphatic carbocycles. The molecule has 158 valence electrons. The summed E-state index contributed by atoms with van der Waals surface area (Å²) in [5, 5.41) is 3.39. The molecule has 1 aliphatic rings. The third-order valence-electron chi connectivity index (χ3n) is 4.82. The van der Waals surface area contributed by atoms with Crippen LogP contribution in [0, 0.1) is 6.92 Å². The van der Waals surface area contributed by atoms with Crippen molar-refractivity contribution in [3.8, 4) is 11.4 Å². The lowest BCUT2D eigenvalue weighted by Crippen LogP contribution is -2.47. The number of imidazole rings is 1. The van der Waals surface area contributed by atoms with Crippen LogP contribution in [0.5, 0.6) is 0 Å². The van der Waals surface area contributed by atoms with Crippen molar-refractivity contribution in [3.63, 3.8) is 0 Å². The van der Waals surface area contributed by atoms with E-state index in [2.05, 4.69) is 33.7 Å². The van der Waals surface area contributed by atoms with Gasteiger partial charge in [0.1, 0.15) is 11.4 Å². The minimum Gasteiger partial charge on any atom is -0.444 e. The molecule has 1 aliphatic heterocycles. The fourth-order valence-corrected chi connectivity index (χ4v) is 3.64. The third kappa shape index (κ3) is 5.25. The molecule has 8 heteroatoms. The number of piperidine rings is 1. The highest BCUT2D eigenvalue weighted by molar-refractivity contribution is 5.68. The van der Waals surface area contributed by atoms with Gasteiger partial charge in [0.05, 0.1) is 17.6 Å². The third-order valence-corrected chi connectivity index (χ3v) is 4.82. The van der Waals surface area contributed by atoms with Crippen LogP contribution in [0.25, 0.3) is 11.4 Å². The van der Waals surface area contributed by atoms with Crippen LogP contribution in [0.3, 0.4) is 0 Å². The van der Waals surface area contributed by atoms with E-state index < -0.39 is 5.60 Å². The van der Waals surface area contributed by atoms with Crippen molar-refractivity contribution in [1.29, 1.82) is 0 Å². The molecule has 0 spiro atoms. The molecular formula is C21H32N6O2. The van der Waals surface area contributed by atoms with Crippen LogP contribution in [0.1, 0.15) is 59.3 Å². The molecule has 1 atom stereocenters. The van der Waals surface area contributed by atoms with Crippen LogP contribution in [0.2, 0.25) is 0 Å². The monoisotopic (exact) mass is 400 g/mol. The summed E-state index contributed by atoms with van der Waals surface area (Å²) in [6, 6.07) is 2.27. The maximum absolute atomic E-state index is 12.4. The van der Waals surface area contributed by atoms with E-state index in [4.69, 9.17) is 9.72 Å². The van der Waals surface area contributed by atoms with Gasteiger partial charge in [-0.05, 0) is 60.5 Å². The minimum atomic E-state index is -0.494. The Hall–Kier alpha value is -2.64. The highest BCUT2D eigenvalue weighted by atomic mass is 16.6. The molecule has 8 nitrogen and oxygen atoms in total. The van der Waals surface area contributed by atoms with Gasteiger partial charge in [-0.15, -0.1) is 0 Å². The van der Waals surface area contributed by atoms with Gasteiger partial charge in [-0.2, -0.15) is 0 Å². The van der Waals surface area contributed by atoms with Gasteiger partial charge >= 0.3 is 6.09 Å². The summed E-state index contributed by atoms with van der Waals surface area (Å²) in [4.78, 5) is 27.7. The Kier molecular flexibility index (Phi) is 6.10. The summed E-state index contributed by atoms with van der Waals surface area (Å²) >= 11 is 0. The zero-order chi connectivity index (χ0) is 21.2. The van der Waals surface area contributed by atoms with Gasteiger partial charge in [0.15, 0.2) is 0 Å². The van der Waals surface area contributed by atoms with Gasteiger partial charge in [0.2, 0.25) is 5.95 Å². The second-order valence-corrected chi connectivity index (χ2v) is 8.83. The van der Waals surface area contributed by atoms with Crippen LogP contribution in [-0.2, 0) is 4.74 Å². The molecule has 2 aromatic rings. The molecule has 1 N–H and O–H groups in total.